The van der Waals surface area contributed by atoms with Gasteiger partial charge in [0.15, 0.2) is 0 Å². The van der Waals surface area contributed by atoms with Crippen LogP contribution in [0.4, 0.5) is 0 Å². The van der Waals surface area contributed by atoms with Crippen molar-refractivity contribution in [3.05, 3.63) is 0 Å². The third kappa shape index (κ3) is 1.91. The number of morpholine rings is 1. The van der Waals surface area contributed by atoms with E-state index in [0.717, 1.165) is 0 Å². The summed E-state index contributed by atoms with van der Waals surface area (Å²) in [4.78, 5) is 0. The molecular weight excluding hydrogens is 158 g/mol. The first-order valence-electron chi connectivity index (χ1n) is 3.00. The maximum Gasteiger partial charge on any atom is 0.431 e. The molecule has 1 heterocycles. The van der Waals surface area contributed by atoms with Crippen LogP contribution in [-0.2, 0) is 15.0 Å². The number of hydrogen-bond acceptors (Lipinski definition) is 3. The van der Waals surface area contributed by atoms with Crippen molar-refractivity contribution in [3.8, 4) is 0 Å². The van der Waals surface area contributed by atoms with E-state index in [1.165, 1.54) is 0 Å². The van der Waals surface area contributed by atoms with Gasteiger partial charge < -0.3 is 4.74 Å². The average Bonchev–Trinajstić information content (AvgIpc) is 1.88. The summed E-state index contributed by atoms with van der Waals surface area (Å²) in [6.07, 6.45) is 0. The van der Waals surface area contributed by atoms with E-state index < -0.39 is 10.3 Å². The molecule has 0 radical (unpaired) electrons. The van der Waals surface area contributed by atoms with Gasteiger partial charge in [0, 0.05) is 0 Å². The first-order valence-corrected chi connectivity index (χ1v) is 4.44. The molecule has 0 spiro atoms. The first kappa shape index (κ1) is 7.93. The number of rotatable bonds is 1. The molecule has 0 unspecified atom stereocenters. The fourth-order valence-corrected chi connectivity index (χ4v) is 1.54. The molecule has 1 rings (SSSR count). The Balaban J connectivity index is 2.56. The van der Waals surface area contributed by atoms with Crippen molar-refractivity contribution < 1.29 is 22.0 Å². The van der Waals surface area contributed by atoms with Crippen molar-refractivity contribution in [1.29, 1.82) is 0 Å². The normalized spacial score (nSPS) is 22.9. The van der Waals surface area contributed by atoms with Crippen LogP contribution in [0.15, 0.2) is 0 Å². The van der Waals surface area contributed by atoms with Crippen LogP contribution in [0, 0.1) is 0 Å². The molecule has 1 saturated heterocycles. The Labute approximate surface area is 59.5 Å². The summed E-state index contributed by atoms with van der Waals surface area (Å²) in [5.41, 5.74) is 0. The third-order valence-corrected chi connectivity index (χ3v) is 2.55. The second-order valence-electron chi connectivity index (χ2n) is 2.13. The van der Waals surface area contributed by atoms with Crippen LogP contribution in [0.25, 0.3) is 0 Å². The van der Waals surface area contributed by atoms with Crippen molar-refractivity contribution >= 4 is 10.3 Å². The highest BCUT2D eigenvalue weighted by Crippen LogP contribution is 1.77. The zero-order chi connectivity index (χ0) is 7.61. The van der Waals surface area contributed by atoms with Gasteiger partial charge in [0.25, 0.3) is 0 Å². The molecule has 0 amide bonds. The summed E-state index contributed by atoms with van der Waals surface area (Å²) >= 11 is 0. The van der Waals surface area contributed by atoms with Crippen LogP contribution in [0.5, 0.6) is 0 Å². The third-order valence-electron chi connectivity index (χ3n) is 1.42. The monoisotopic (exact) mass is 168 g/mol. The van der Waals surface area contributed by atoms with Gasteiger partial charge >= 0.3 is 10.3 Å². The van der Waals surface area contributed by atoms with Crippen LogP contribution < -0.4 is 4.31 Å². The second kappa shape index (κ2) is 2.83. The predicted molar refractivity (Wildman–Crippen MR) is 33.1 cm³/mol. The second-order valence-corrected chi connectivity index (χ2v) is 3.65. The molecule has 0 aliphatic carbocycles. The quantitative estimate of drug-likeness (QED) is 0.432. The molecule has 0 bridgehead atoms. The number of hydrogen-bond donors (Lipinski definition) is 2. The van der Waals surface area contributed by atoms with E-state index in [2.05, 4.69) is 0 Å². The fraction of sp³-hybridized carbons (Fsp3) is 1.00. The minimum atomic E-state index is -3.89. The molecule has 0 aromatic carbocycles. The van der Waals surface area contributed by atoms with Gasteiger partial charge in [-0.3, -0.25) is 0 Å². The van der Waals surface area contributed by atoms with Crippen molar-refractivity contribution in [2.24, 2.45) is 0 Å². The molecule has 10 heavy (non-hydrogen) atoms. The zero-order valence-electron chi connectivity index (χ0n) is 5.41. The Morgan fingerprint density at radius 3 is 2.10 bits per heavy atom. The summed E-state index contributed by atoms with van der Waals surface area (Å²) in [5, 5.41) is 0. The Hall–Kier alpha value is -0.170. The SMILES string of the molecule is O=S(=O)(O)[NH+]1CCOCC1. The molecule has 0 saturated carbocycles. The number of ether oxygens (including phenoxy) is 1. The first-order chi connectivity index (χ1) is 4.61. The van der Waals surface area contributed by atoms with Gasteiger partial charge in [0.05, 0.1) is 13.2 Å². The van der Waals surface area contributed by atoms with Crippen LogP contribution >= 0.6 is 0 Å². The summed E-state index contributed by atoms with van der Waals surface area (Å²) in [5.74, 6) is 0. The molecule has 6 heteroatoms. The lowest BCUT2D eigenvalue weighted by atomic mass is 10.5. The van der Waals surface area contributed by atoms with Gasteiger partial charge in [-0.25, -0.2) is 8.86 Å². The Kier molecular flexibility index (Phi) is 2.24. The van der Waals surface area contributed by atoms with E-state index in [1.807, 2.05) is 0 Å². The van der Waals surface area contributed by atoms with Crippen molar-refractivity contribution in [1.82, 2.24) is 0 Å². The van der Waals surface area contributed by atoms with Gasteiger partial charge in [-0.2, -0.15) is 0 Å². The highest BCUT2D eigenvalue weighted by Gasteiger charge is 2.25. The van der Waals surface area contributed by atoms with Crippen molar-refractivity contribution in [3.63, 3.8) is 0 Å². The Bertz CT molecular complexity index is 193. The highest BCUT2D eigenvalue weighted by atomic mass is 32.2. The summed E-state index contributed by atoms with van der Waals surface area (Å²) in [6, 6.07) is 0. The lowest BCUT2D eigenvalue weighted by molar-refractivity contribution is -0.783. The molecule has 1 aliphatic heterocycles. The summed E-state index contributed by atoms with van der Waals surface area (Å²) < 4.78 is 34.5. The van der Waals surface area contributed by atoms with Gasteiger partial charge in [-0.1, -0.05) is 0 Å². The molecular formula is C4H10NO4S+. The van der Waals surface area contributed by atoms with Gasteiger partial charge in [0.2, 0.25) is 0 Å². The lowest BCUT2D eigenvalue weighted by Gasteiger charge is -2.19. The maximum atomic E-state index is 10.4. The van der Waals surface area contributed by atoms with E-state index in [-0.39, 0.29) is 4.31 Å². The van der Waals surface area contributed by atoms with Crippen LogP contribution in [0.2, 0.25) is 0 Å². The molecule has 0 atom stereocenters. The molecule has 1 aliphatic rings. The van der Waals surface area contributed by atoms with E-state index in [4.69, 9.17) is 9.29 Å². The molecule has 1 fully saturated rings. The largest absolute Gasteiger partial charge is 0.431 e. The molecule has 5 nitrogen and oxygen atoms in total. The van der Waals surface area contributed by atoms with E-state index in [1.54, 1.807) is 0 Å². The highest BCUT2D eigenvalue weighted by molar-refractivity contribution is 7.79. The Morgan fingerprint density at radius 2 is 1.80 bits per heavy atom. The number of nitrogens with one attached hydrogen (secondary N) is 1. The van der Waals surface area contributed by atoms with Crippen LogP contribution in [0.3, 0.4) is 0 Å². The summed E-state index contributed by atoms with van der Waals surface area (Å²) in [6.45, 7) is 1.46. The molecule has 60 valence electrons. The minimum absolute atomic E-state index is 0.193. The van der Waals surface area contributed by atoms with Gasteiger partial charge in [-0.15, -0.1) is 8.42 Å². The van der Waals surface area contributed by atoms with Gasteiger partial charge in [-0.05, 0) is 0 Å². The minimum Gasteiger partial charge on any atom is -0.370 e. The van der Waals surface area contributed by atoms with E-state index >= 15 is 0 Å². The lowest BCUT2D eigenvalue weighted by Crippen LogP contribution is -3.15. The average molecular weight is 168 g/mol. The Morgan fingerprint density at radius 1 is 1.30 bits per heavy atom. The van der Waals surface area contributed by atoms with E-state index in [9.17, 15) is 8.42 Å². The topological polar surface area (TPSA) is 68.0 Å². The zero-order valence-corrected chi connectivity index (χ0v) is 6.23. The standard InChI is InChI=1S/C4H9NO4S/c6-10(7,8)5-1-3-9-4-2-5/h1-4H2,(H,6,7,8)/p+1. The van der Waals surface area contributed by atoms with E-state index in [0.29, 0.717) is 26.3 Å². The number of quaternary nitrogens is 1. The fourth-order valence-electron chi connectivity index (χ4n) is 0.857. The molecule has 2 N–H and O–H groups in total. The van der Waals surface area contributed by atoms with Crippen molar-refractivity contribution in [2.75, 3.05) is 26.3 Å². The molecule has 0 aromatic heterocycles. The maximum absolute atomic E-state index is 10.4. The van der Waals surface area contributed by atoms with Crippen LogP contribution in [-0.4, -0.2) is 39.3 Å². The predicted octanol–water partition coefficient (Wildman–Crippen LogP) is -2.30. The van der Waals surface area contributed by atoms with Crippen LogP contribution in [0.1, 0.15) is 0 Å². The summed E-state index contributed by atoms with van der Waals surface area (Å²) in [7, 11) is -3.89. The van der Waals surface area contributed by atoms with Crippen molar-refractivity contribution in [2.45, 2.75) is 0 Å². The molecule has 0 aromatic rings. The van der Waals surface area contributed by atoms with Gasteiger partial charge in [0.1, 0.15) is 13.1 Å². The smallest absolute Gasteiger partial charge is 0.370 e.